The van der Waals surface area contributed by atoms with E-state index in [0.29, 0.717) is 16.8 Å². The quantitative estimate of drug-likeness (QED) is 0.858. The van der Waals surface area contributed by atoms with Gasteiger partial charge >= 0.3 is 0 Å². The van der Waals surface area contributed by atoms with Crippen molar-refractivity contribution in [2.45, 2.75) is 37.7 Å². The zero-order chi connectivity index (χ0) is 15.1. The Hall–Kier alpha value is -0.950. The summed E-state index contributed by atoms with van der Waals surface area (Å²) >= 11 is 1.34. The molecule has 4 nitrogen and oxygen atoms in total. The van der Waals surface area contributed by atoms with Gasteiger partial charge in [-0.1, -0.05) is 25.1 Å². The number of nitrogens with one attached hydrogen (secondary N) is 1. The normalized spacial score (nSPS) is 17.2. The largest absolute Gasteiger partial charge is 0.391 e. The molecule has 1 heterocycles. The number of rotatable bonds is 6. The number of aliphatic hydroxyl groups is 1. The van der Waals surface area contributed by atoms with Crippen LogP contribution in [0.3, 0.4) is 0 Å². The van der Waals surface area contributed by atoms with E-state index in [4.69, 9.17) is 0 Å². The van der Waals surface area contributed by atoms with Crippen molar-refractivity contribution in [1.29, 1.82) is 0 Å². The minimum absolute atomic E-state index is 0.151. The fourth-order valence-corrected chi connectivity index (χ4v) is 5.57. The van der Waals surface area contributed by atoms with Crippen molar-refractivity contribution in [2.75, 3.05) is 6.54 Å². The summed E-state index contributed by atoms with van der Waals surface area (Å²) in [7, 11) is -3.59. The second kappa shape index (κ2) is 5.35. The van der Waals surface area contributed by atoms with Gasteiger partial charge in [0.05, 0.1) is 11.5 Å². The first-order valence-electron chi connectivity index (χ1n) is 7.12. The molecule has 0 spiro atoms. The molecule has 1 fully saturated rings. The van der Waals surface area contributed by atoms with Crippen LogP contribution in [0.4, 0.5) is 0 Å². The van der Waals surface area contributed by atoms with Gasteiger partial charge in [0.1, 0.15) is 4.90 Å². The summed E-state index contributed by atoms with van der Waals surface area (Å²) in [4.78, 5) is 0.752. The van der Waals surface area contributed by atoms with Gasteiger partial charge in [0.25, 0.3) is 0 Å². The van der Waals surface area contributed by atoms with Gasteiger partial charge in [-0.25, -0.2) is 13.1 Å². The molecule has 0 bridgehead atoms. The maximum absolute atomic E-state index is 12.7. The third-order valence-corrected chi connectivity index (χ3v) is 7.19. The van der Waals surface area contributed by atoms with Crippen LogP contribution in [0.25, 0.3) is 10.1 Å². The fraction of sp³-hybridized carbons (Fsp3) is 0.467. The van der Waals surface area contributed by atoms with Crippen LogP contribution in [-0.2, 0) is 16.6 Å². The van der Waals surface area contributed by atoms with E-state index in [1.165, 1.54) is 11.3 Å². The summed E-state index contributed by atoms with van der Waals surface area (Å²) in [5.74, 6) is 0. The Kier molecular flexibility index (Phi) is 3.81. The Balaban J connectivity index is 1.98. The Bertz CT molecular complexity index is 760. The average Bonchev–Trinajstić information content (AvgIpc) is 3.17. The van der Waals surface area contributed by atoms with Crippen molar-refractivity contribution >= 4 is 31.4 Å². The van der Waals surface area contributed by atoms with Crippen molar-refractivity contribution in [3.8, 4) is 0 Å². The number of aliphatic hydroxyl groups excluding tert-OH is 1. The Morgan fingerprint density at radius 3 is 2.67 bits per heavy atom. The minimum atomic E-state index is -3.59. The van der Waals surface area contributed by atoms with Crippen molar-refractivity contribution in [2.24, 2.45) is 5.41 Å². The summed E-state index contributed by atoms with van der Waals surface area (Å²) in [6.45, 7) is 2.33. The number of hydrogen-bond acceptors (Lipinski definition) is 4. The lowest BCUT2D eigenvalue weighted by Gasteiger charge is -2.14. The summed E-state index contributed by atoms with van der Waals surface area (Å²) < 4.78 is 29.0. The van der Waals surface area contributed by atoms with E-state index in [0.717, 1.165) is 24.0 Å². The number of sulfonamides is 1. The SMILES string of the molecule is CCC1(CNS(=O)(=O)c2c(CO)sc3ccccc23)CC1. The zero-order valence-corrected chi connectivity index (χ0v) is 13.6. The highest BCUT2D eigenvalue weighted by Gasteiger charge is 2.41. The maximum Gasteiger partial charge on any atom is 0.242 e. The third kappa shape index (κ3) is 2.73. The Morgan fingerprint density at radius 2 is 2.05 bits per heavy atom. The van der Waals surface area contributed by atoms with E-state index in [1.54, 1.807) is 6.07 Å². The molecule has 0 saturated heterocycles. The van der Waals surface area contributed by atoms with E-state index >= 15 is 0 Å². The molecular weight excluding hydrogens is 306 g/mol. The minimum Gasteiger partial charge on any atom is -0.391 e. The fourth-order valence-electron chi connectivity index (χ4n) is 2.62. The zero-order valence-electron chi connectivity index (χ0n) is 11.9. The van der Waals surface area contributed by atoms with Crippen LogP contribution in [0.15, 0.2) is 29.2 Å². The molecule has 1 aliphatic carbocycles. The van der Waals surface area contributed by atoms with Gasteiger partial charge in [-0.3, -0.25) is 0 Å². The Morgan fingerprint density at radius 1 is 1.33 bits per heavy atom. The van der Waals surface area contributed by atoms with Gasteiger partial charge in [0.2, 0.25) is 10.0 Å². The third-order valence-electron chi connectivity index (χ3n) is 4.37. The lowest BCUT2D eigenvalue weighted by Crippen LogP contribution is -2.30. The number of hydrogen-bond donors (Lipinski definition) is 2. The van der Waals surface area contributed by atoms with Crippen LogP contribution in [0.5, 0.6) is 0 Å². The molecule has 0 atom stereocenters. The molecule has 21 heavy (non-hydrogen) atoms. The topological polar surface area (TPSA) is 66.4 Å². The van der Waals surface area contributed by atoms with Crippen molar-refractivity contribution < 1.29 is 13.5 Å². The smallest absolute Gasteiger partial charge is 0.242 e. The molecule has 2 N–H and O–H groups in total. The highest BCUT2D eigenvalue weighted by Crippen LogP contribution is 2.48. The van der Waals surface area contributed by atoms with E-state index in [-0.39, 0.29) is 16.9 Å². The summed E-state index contributed by atoms with van der Waals surface area (Å²) in [6, 6.07) is 7.38. The van der Waals surface area contributed by atoms with Crippen LogP contribution in [0.2, 0.25) is 0 Å². The van der Waals surface area contributed by atoms with Crippen LogP contribution >= 0.6 is 11.3 Å². The number of benzene rings is 1. The molecule has 0 amide bonds. The Labute approximate surface area is 128 Å². The second-order valence-corrected chi connectivity index (χ2v) is 8.53. The van der Waals surface area contributed by atoms with Gasteiger partial charge in [-0.05, 0) is 30.7 Å². The van der Waals surface area contributed by atoms with Gasteiger partial charge in [0.15, 0.2) is 0 Å². The second-order valence-electron chi connectivity index (χ2n) is 5.69. The molecule has 1 saturated carbocycles. The first-order chi connectivity index (χ1) is 10.0. The van der Waals surface area contributed by atoms with Gasteiger partial charge < -0.3 is 5.11 Å². The highest BCUT2D eigenvalue weighted by molar-refractivity contribution is 7.90. The van der Waals surface area contributed by atoms with E-state index < -0.39 is 10.0 Å². The lowest BCUT2D eigenvalue weighted by molar-refractivity contribution is 0.283. The van der Waals surface area contributed by atoms with Crippen molar-refractivity contribution in [3.63, 3.8) is 0 Å². The lowest BCUT2D eigenvalue weighted by atomic mass is 10.1. The first-order valence-corrected chi connectivity index (χ1v) is 9.42. The molecule has 114 valence electrons. The molecule has 1 aliphatic rings. The summed E-state index contributed by atoms with van der Waals surface area (Å²) in [6.07, 6.45) is 3.17. The molecule has 6 heteroatoms. The summed E-state index contributed by atoms with van der Waals surface area (Å²) in [5, 5.41) is 10.2. The van der Waals surface area contributed by atoms with E-state index in [2.05, 4.69) is 11.6 Å². The highest BCUT2D eigenvalue weighted by atomic mass is 32.2. The van der Waals surface area contributed by atoms with Crippen molar-refractivity contribution in [1.82, 2.24) is 4.72 Å². The molecule has 2 aromatic rings. The molecule has 0 unspecified atom stereocenters. The predicted octanol–water partition coefficient (Wildman–Crippen LogP) is 2.86. The van der Waals surface area contributed by atoms with E-state index in [9.17, 15) is 13.5 Å². The molecule has 1 aromatic carbocycles. The van der Waals surface area contributed by atoms with Crippen LogP contribution in [-0.4, -0.2) is 20.1 Å². The monoisotopic (exact) mass is 325 g/mol. The van der Waals surface area contributed by atoms with Gasteiger partial charge in [0, 0.05) is 16.6 Å². The molecule has 3 rings (SSSR count). The van der Waals surface area contributed by atoms with Crippen LogP contribution < -0.4 is 4.72 Å². The standard InChI is InChI=1S/C15H19NO3S2/c1-2-15(7-8-15)10-16-21(18,19)14-11-5-3-4-6-12(11)20-13(14)9-17/h3-6,16-17H,2,7-10H2,1H3. The number of thiophene rings is 1. The van der Waals surface area contributed by atoms with Crippen LogP contribution in [0, 0.1) is 5.41 Å². The van der Waals surface area contributed by atoms with Gasteiger partial charge in [-0.2, -0.15) is 0 Å². The number of fused-ring (bicyclic) bond motifs is 1. The molecule has 0 aliphatic heterocycles. The molecule has 1 aromatic heterocycles. The van der Waals surface area contributed by atoms with Crippen LogP contribution in [0.1, 0.15) is 31.1 Å². The maximum atomic E-state index is 12.7. The summed E-state index contributed by atoms with van der Waals surface area (Å²) in [5.41, 5.74) is 0.151. The molecular formula is C15H19NO3S2. The van der Waals surface area contributed by atoms with Crippen molar-refractivity contribution in [3.05, 3.63) is 29.1 Å². The molecule has 0 radical (unpaired) electrons. The predicted molar refractivity (Wildman–Crippen MR) is 84.9 cm³/mol. The van der Waals surface area contributed by atoms with Gasteiger partial charge in [-0.15, -0.1) is 11.3 Å². The first kappa shape index (κ1) is 15.0. The van der Waals surface area contributed by atoms with E-state index in [1.807, 2.05) is 18.2 Å². The average molecular weight is 325 g/mol.